The summed E-state index contributed by atoms with van der Waals surface area (Å²) in [4.78, 5) is 24.8. The number of para-hydroxylation sites is 1. The molecule has 0 saturated carbocycles. The molecule has 6 nitrogen and oxygen atoms in total. The van der Waals surface area contributed by atoms with Crippen molar-refractivity contribution >= 4 is 17.4 Å². The van der Waals surface area contributed by atoms with E-state index in [4.69, 9.17) is 9.84 Å². The molecule has 6 heteroatoms. The number of carbonyl (C=O) groups is 2. The quantitative estimate of drug-likeness (QED) is 0.410. The summed E-state index contributed by atoms with van der Waals surface area (Å²) in [6.07, 6.45) is 1.77. The molecule has 0 saturated heterocycles. The summed E-state index contributed by atoms with van der Waals surface area (Å²) >= 11 is 0. The maximum Gasteiger partial charge on any atom is 0.340 e. The molecule has 0 aliphatic carbocycles. The van der Waals surface area contributed by atoms with E-state index in [0.29, 0.717) is 29.9 Å². The van der Waals surface area contributed by atoms with Crippen molar-refractivity contribution in [2.75, 3.05) is 25.1 Å². The lowest BCUT2D eigenvalue weighted by Crippen LogP contribution is -2.17. The van der Waals surface area contributed by atoms with Crippen LogP contribution in [0.1, 0.15) is 32.1 Å². The predicted octanol–water partition coefficient (Wildman–Crippen LogP) is 2.73. The number of esters is 1. The third kappa shape index (κ3) is 4.40. The molecule has 0 atom stereocenters. The van der Waals surface area contributed by atoms with Crippen molar-refractivity contribution in [3.8, 4) is 0 Å². The van der Waals surface area contributed by atoms with Gasteiger partial charge in [0.1, 0.15) is 0 Å². The molecule has 1 aromatic carbocycles. The number of anilines is 1. The highest BCUT2D eigenvalue weighted by atomic mass is 16.5. The monoisotopic (exact) mass is 356 g/mol. The predicted molar refractivity (Wildman–Crippen MR) is 101 cm³/mol. The number of rotatable bonds is 9. The number of aromatic nitrogens is 1. The first-order chi connectivity index (χ1) is 12.5. The van der Waals surface area contributed by atoms with Gasteiger partial charge in [-0.15, -0.1) is 6.58 Å². The molecule has 0 aliphatic heterocycles. The lowest BCUT2D eigenvalue weighted by Gasteiger charge is -2.11. The fourth-order valence-corrected chi connectivity index (χ4v) is 2.79. The Hall–Kier alpha value is -2.86. The van der Waals surface area contributed by atoms with Crippen molar-refractivity contribution in [2.45, 2.75) is 20.4 Å². The van der Waals surface area contributed by atoms with E-state index in [2.05, 4.69) is 11.9 Å². The minimum atomic E-state index is -0.584. The van der Waals surface area contributed by atoms with E-state index in [1.165, 1.54) is 0 Å². The van der Waals surface area contributed by atoms with E-state index in [1.807, 2.05) is 18.4 Å². The van der Waals surface area contributed by atoms with Crippen LogP contribution in [0.25, 0.3) is 0 Å². The zero-order chi connectivity index (χ0) is 19.1. The number of carbonyl (C=O) groups excluding carboxylic acids is 2. The zero-order valence-electron chi connectivity index (χ0n) is 15.1. The maximum atomic E-state index is 12.5. The number of hydrogen-bond acceptors (Lipinski definition) is 5. The first kappa shape index (κ1) is 19.5. The average Bonchev–Trinajstić information content (AvgIpc) is 2.93. The summed E-state index contributed by atoms with van der Waals surface area (Å²) in [5, 5.41) is 11.9. The van der Waals surface area contributed by atoms with Gasteiger partial charge in [0.25, 0.3) is 0 Å². The Morgan fingerprint density at radius 2 is 2.00 bits per heavy atom. The van der Waals surface area contributed by atoms with E-state index >= 15 is 0 Å². The van der Waals surface area contributed by atoms with Crippen LogP contribution in [0.15, 0.2) is 43.0 Å². The standard InChI is InChI=1S/C20H24N2O4/c1-4-10-22-14(2)12-17(15(22)3)19(24)13-26-20(25)16-7-5-6-8-18(16)21-9-11-23/h4-8,12,21,23H,1,9-11,13H2,2-3H3. The van der Waals surface area contributed by atoms with Gasteiger partial charge in [-0.3, -0.25) is 4.79 Å². The number of ketones is 1. The number of nitrogens with zero attached hydrogens (tertiary/aromatic N) is 1. The Labute approximate surface area is 153 Å². The van der Waals surface area contributed by atoms with Crippen molar-refractivity contribution in [1.29, 1.82) is 0 Å². The van der Waals surface area contributed by atoms with Crippen LogP contribution in [0, 0.1) is 13.8 Å². The molecule has 26 heavy (non-hydrogen) atoms. The Bertz CT molecular complexity index is 808. The molecule has 0 unspecified atom stereocenters. The summed E-state index contributed by atoms with van der Waals surface area (Å²) < 4.78 is 7.19. The van der Waals surface area contributed by atoms with Gasteiger partial charge in [0.2, 0.25) is 5.78 Å². The molecule has 0 aliphatic rings. The van der Waals surface area contributed by atoms with Crippen LogP contribution < -0.4 is 5.32 Å². The minimum Gasteiger partial charge on any atom is -0.454 e. The highest BCUT2D eigenvalue weighted by Crippen LogP contribution is 2.18. The van der Waals surface area contributed by atoms with Gasteiger partial charge in [-0.05, 0) is 32.0 Å². The molecule has 0 bridgehead atoms. The van der Waals surface area contributed by atoms with Crippen LogP contribution >= 0.6 is 0 Å². The number of benzene rings is 1. The number of ether oxygens (including phenoxy) is 1. The molecule has 138 valence electrons. The highest BCUT2D eigenvalue weighted by molar-refractivity contribution is 6.01. The number of aliphatic hydroxyl groups is 1. The Morgan fingerprint density at radius 1 is 1.27 bits per heavy atom. The molecule has 0 radical (unpaired) electrons. The average molecular weight is 356 g/mol. The smallest absolute Gasteiger partial charge is 0.340 e. The Kier molecular flexibility index (Phi) is 6.74. The molecule has 1 heterocycles. The van der Waals surface area contributed by atoms with Crippen LogP contribution in [0.2, 0.25) is 0 Å². The largest absolute Gasteiger partial charge is 0.454 e. The topological polar surface area (TPSA) is 80.6 Å². The van der Waals surface area contributed by atoms with Gasteiger partial charge in [0, 0.05) is 35.7 Å². The van der Waals surface area contributed by atoms with Crippen molar-refractivity contribution in [3.63, 3.8) is 0 Å². The molecule has 0 fully saturated rings. The number of aryl methyl sites for hydroxylation is 1. The van der Waals surface area contributed by atoms with Crippen molar-refractivity contribution in [2.24, 2.45) is 0 Å². The van der Waals surface area contributed by atoms with Crippen LogP contribution in [0.4, 0.5) is 5.69 Å². The van der Waals surface area contributed by atoms with E-state index in [0.717, 1.165) is 11.4 Å². The van der Waals surface area contributed by atoms with E-state index in [1.54, 1.807) is 36.4 Å². The number of allylic oxidation sites excluding steroid dienone is 1. The van der Waals surface area contributed by atoms with Crippen molar-refractivity contribution in [1.82, 2.24) is 4.57 Å². The molecule has 0 amide bonds. The van der Waals surface area contributed by atoms with Gasteiger partial charge < -0.3 is 19.7 Å². The molecular weight excluding hydrogens is 332 g/mol. The summed E-state index contributed by atoms with van der Waals surface area (Å²) in [5.41, 5.74) is 3.21. The van der Waals surface area contributed by atoms with Gasteiger partial charge in [-0.25, -0.2) is 4.79 Å². The Balaban J connectivity index is 2.07. The van der Waals surface area contributed by atoms with E-state index in [-0.39, 0.29) is 19.0 Å². The number of nitrogens with one attached hydrogen (secondary N) is 1. The molecule has 1 aromatic heterocycles. The van der Waals surface area contributed by atoms with Crippen LogP contribution in [-0.2, 0) is 11.3 Å². The number of Topliss-reactive ketones (excluding diaryl/α,β-unsaturated/α-hetero) is 1. The van der Waals surface area contributed by atoms with Gasteiger partial charge >= 0.3 is 5.97 Å². The zero-order valence-corrected chi connectivity index (χ0v) is 15.1. The summed E-state index contributed by atoms with van der Waals surface area (Å²) in [7, 11) is 0. The number of aliphatic hydroxyl groups excluding tert-OH is 1. The summed E-state index contributed by atoms with van der Waals surface area (Å²) in [6.45, 7) is 8.05. The van der Waals surface area contributed by atoms with Crippen molar-refractivity contribution in [3.05, 3.63) is 65.5 Å². The van der Waals surface area contributed by atoms with Gasteiger partial charge in [0.05, 0.1) is 12.2 Å². The second kappa shape index (κ2) is 9.01. The van der Waals surface area contributed by atoms with Gasteiger partial charge in [-0.2, -0.15) is 0 Å². The third-order valence-corrected chi connectivity index (χ3v) is 4.09. The molecule has 2 aromatic rings. The lowest BCUT2D eigenvalue weighted by atomic mass is 10.1. The lowest BCUT2D eigenvalue weighted by molar-refractivity contribution is 0.0475. The second-order valence-electron chi connectivity index (χ2n) is 5.88. The van der Waals surface area contributed by atoms with Crippen LogP contribution in [0.3, 0.4) is 0 Å². The first-order valence-corrected chi connectivity index (χ1v) is 8.41. The summed E-state index contributed by atoms with van der Waals surface area (Å²) in [6, 6.07) is 8.62. The number of hydrogen-bond donors (Lipinski definition) is 2. The molecule has 2 rings (SSSR count). The summed E-state index contributed by atoms with van der Waals surface area (Å²) in [5.74, 6) is -0.832. The Morgan fingerprint density at radius 3 is 2.69 bits per heavy atom. The minimum absolute atomic E-state index is 0.0534. The normalized spacial score (nSPS) is 10.4. The van der Waals surface area contributed by atoms with Gasteiger partial charge in [-0.1, -0.05) is 18.2 Å². The third-order valence-electron chi connectivity index (χ3n) is 4.09. The van der Waals surface area contributed by atoms with Crippen molar-refractivity contribution < 1.29 is 19.4 Å². The van der Waals surface area contributed by atoms with Gasteiger partial charge in [0.15, 0.2) is 6.61 Å². The molecule has 0 spiro atoms. The maximum absolute atomic E-state index is 12.5. The van der Waals surface area contributed by atoms with E-state index < -0.39 is 5.97 Å². The fourth-order valence-electron chi connectivity index (χ4n) is 2.79. The molecular formula is C20H24N2O4. The fraction of sp³-hybridized carbons (Fsp3) is 0.300. The van der Waals surface area contributed by atoms with Crippen LogP contribution in [-0.4, -0.2) is 41.2 Å². The SMILES string of the molecule is C=CCn1c(C)cc(C(=O)COC(=O)c2ccccc2NCCO)c1C. The first-order valence-electron chi connectivity index (χ1n) is 8.41. The van der Waals surface area contributed by atoms with E-state index in [9.17, 15) is 9.59 Å². The molecule has 2 N–H and O–H groups in total. The van der Waals surface area contributed by atoms with Crippen LogP contribution in [0.5, 0.6) is 0 Å². The second-order valence-corrected chi connectivity index (χ2v) is 5.88. The highest BCUT2D eigenvalue weighted by Gasteiger charge is 2.18.